The van der Waals surface area contributed by atoms with Crippen LogP contribution in [0.2, 0.25) is 0 Å². The van der Waals surface area contributed by atoms with Gasteiger partial charge >= 0.3 is 0 Å². The largest absolute Gasteiger partial charge is 0.387 e. The number of carbonyl (C=O) groups is 1. The highest BCUT2D eigenvalue weighted by Crippen LogP contribution is 2.08. The first-order valence-corrected chi connectivity index (χ1v) is 6.21. The van der Waals surface area contributed by atoms with Crippen LogP contribution in [0.1, 0.15) is 6.92 Å². The van der Waals surface area contributed by atoms with Crippen molar-refractivity contribution in [1.82, 2.24) is 10.6 Å². The first kappa shape index (κ1) is 14.5. The first-order chi connectivity index (χ1) is 7.02. The number of thioether (sulfide) groups is 1. The van der Waals surface area contributed by atoms with Gasteiger partial charge in [0.05, 0.1) is 12.1 Å². The van der Waals surface area contributed by atoms with Gasteiger partial charge in [0.2, 0.25) is 5.91 Å². The molecule has 1 amide bonds. The molecule has 0 heterocycles. The number of amides is 1. The molecule has 0 saturated heterocycles. The van der Waals surface area contributed by atoms with Crippen LogP contribution in [0, 0.1) is 0 Å². The Morgan fingerprint density at radius 1 is 1.67 bits per heavy atom. The van der Waals surface area contributed by atoms with E-state index in [-0.39, 0.29) is 19.0 Å². The van der Waals surface area contributed by atoms with E-state index < -0.39 is 5.60 Å². The van der Waals surface area contributed by atoms with Crippen LogP contribution in [-0.2, 0) is 4.79 Å². The molecule has 0 aromatic carbocycles. The van der Waals surface area contributed by atoms with Gasteiger partial charge in [-0.3, -0.25) is 4.79 Å². The summed E-state index contributed by atoms with van der Waals surface area (Å²) in [4.78, 5) is 11.2. The number of rotatable bonds is 8. The number of nitrogens with one attached hydrogen (secondary N) is 2. The van der Waals surface area contributed by atoms with E-state index in [0.717, 1.165) is 0 Å². The Balaban J connectivity index is 3.65. The molecule has 3 N–H and O–H groups in total. The summed E-state index contributed by atoms with van der Waals surface area (Å²) < 4.78 is 0. The van der Waals surface area contributed by atoms with Crippen molar-refractivity contribution < 1.29 is 9.90 Å². The van der Waals surface area contributed by atoms with Crippen molar-refractivity contribution in [2.75, 3.05) is 31.6 Å². The second kappa shape index (κ2) is 7.73. The minimum absolute atomic E-state index is 0.113. The summed E-state index contributed by atoms with van der Waals surface area (Å²) >= 11 is 1.55. The van der Waals surface area contributed by atoms with Crippen molar-refractivity contribution >= 4 is 17.7 Å². The van der Waals surface area contributed by atoms with Gasteiger partial charge in [-0.1, -0.05) is 6.08 Å². The van der Waals surface area contributed by atoms with E-state index in [1.165, 1.54) is 0 Å². The number of hydrogen-bond donors (Lipinski definition) is 3. The molecule has 0 saturated carbocycles. The van der Waals surface area contributed by atoms with Gasteiger partial charge in [0, 0.05) is 18.8 Å². The summed E-state index contributed by atoms with van der Waals surface area (Å²) in [6, 6.07) is 0. The van der Waals surface area contributed by atoms with Crippen molar-refractivity contribution in [2.45, 2.75) is 12.5 Å². The van der Waals surface area contributed by atoms with E-state index in [2.05, 4.69) is 17.2 Å². The fourth-order valence-electron chi connectivity index (χ4n) is 1.00. The molecule has 0 aliphatic rings. The van der Waals surface area contributed by atoms with Crippen LogP contribution in [0.25, 0.3) is 0 Å². The van der Waals surface area contributed by atoms with Gasteiger partial charge in [-0.05, 0) is 13.2 Å². The van der Waals surface area contributed by atoms with E-state index in [4.69, 9.17) is 0 Å². The van der Waals surface area contributed by atoms with Crippen LogP contribution in [-0.4, -0.2) is 48.3 Å². The van der Waals surface area contributed by atoms with Crippen LogP contribution in [0.3, 0.4) is 0 Å². The van der Waals surface area contributed by atoms with E-state index >= 15 is 0 Å². The zero-order chi connectivity index (χ0) is 11.7. The molecule has 0 bridgehead atoms. The quantitative estimate of drug-likeness (QED) is 0.407. The lowest BCUT2D eigenvalue weighted by Gasteiger charge is -2.22. The maximum Gasteiger partial charge on any atom is 0.234 e. The predicted octanol–water partition coefficient (Wildman–Crippen LogP) is -0.00780. The molecule has 0 aliphatic heterocycles. The monoisotopic (exact) mass is 232 g/mol. The SMILES string of the molecule is C=CCNCC(=O)NCC(C)(O)CSC. The maximum atomic E-state index is 11.2. The van der Waals surface area contributed by atoms with Crippen LogP contribution >= 0.6 is 11.8 Å². The van der Waals surface area contributed by atoms with Crippen LogP contribution in [0.15, 0.2) is 12.7 Å². The van der Waals surface area contributed by atoms with E-state index in [9.17, 15) is 9.90 Å². The molecular weight excluding hydrogens is 212 g/mol. The molecule has 88 valence electrons. The zero-order valence-corrected chi connectivity index (χ0v) is 10.2. The number of aliphatic hydroxyl groups is 1. The third-order valence-electron chi connectivity index (χ3n) is 1.70. The van der Waals surface area contributed by atoms with Gasteiger partial charge in [-0.2, -0.15) is 11.8 Å². The smallest absolute Gasteiger partial charge is 0.234 e. The molecule has 0 fully saturated rings. The minimum atomic E-state index is -0.840. The van der Waals surface area contributed by atoms with Crippen LogP contribution in [0.5, 0.6) is 0 Å². The second-order valence-corrected chi connectivity index (χ2v) is 4.49. The molecule has 15 heavy (non-hydrogen) atoms. The number of carbonyl (C=O) groups excluding carboxylic acids is 1. The second-order valence-electron chi connectivity index (χ2n) is 3.63. The maximum absolute atomic E-state index is 11.2. The van der Waals surface area contributed by atoms with Gasteiger partial charge in [-0.15, -0.1) is 6.58 Å². The molecule has 0 aliphatic carbocycles. The standard InChI is InChI=1S/C10H20N2O2S/c1-4-5-11-6-9(13)12-7-10(2,14)8-15-3/h4,11,14H,1,5-8H2,2-3H3,(H,12,13). The molecule has 0 rings (SSSR count). The summed E-state index contributed by atoms with van der Waals surface area (Å²) in [6.07, 6.45) is 3.61. The average Bonchev–Trinajstić information content (AvgIpc) is 2.15. The predicted molar refractivity (Wildman–Crippen MR) is 65.1 cm³/mol. The molecule has 0 aromatic rings. The molecule has 0 aromatic heterocycles. The highest BCUT2D eigenvalue weighted by Gasteiger charge is 2.19. The Morgan fingerprint density at radius 3 is 2.87 bits per heavy atom. The summed E-state index contributed by atoms with van der Waals surface area (Å²) in [7, 11) is 0. The Hall–Kier alpha value is -0.520. The average molecular weight is 232 g/mol. The van der Waals surface area contributed by atoms with Crippen molar-refractivity contribution in [3.63, 3.8) is 0 Å². The van der Waals surface area contributed by atoms with Crippen LogP contribution < -0.4 is 10.6 Å². The fourth-order valence-corrected chi connectivity index (χ4v) is 1.73. The molecule has 4 nitrogen and oxygen atoms in total. The highest BCUT2D eigenvalue weighted by atomic mass is 32.2. The highest BCUT2D eigenvalue weighted by molar-refractivity contribution is 7.98. The van der Waals surface area contributed by atoms with Gasteiger partial charge in [-0.25, -0.2) is 0 Å². The molecule has 1 unspecified atom stereocenters. The first-order valence-electron chi connectivity index (χ1n) is 4.81. The van der Waals surface area contributed by atoms with Crippen molar-refractivity contribution in [2.24, 2.45) is 0 Å². The van der Waals surface area contributed by atoms with Gasteiger partial charge in [0.1, 0.15) is 0 Å². The van der Waals surface area contributed by atoms with Gasteiger partial charge in [0.15, 0.2) is 0 Å². The molecule has 0 spiro atoms. The topological polar surface area (TPSA) is 61.4 Å². The Labute approximate surface area is 95.5 Å². The molecule has 1 atom stereocenters. The Bertz CT molecular complexity index is 208. The summed E-state index contributed by atoms with van der Waals surface area (Å²) in [6.45, 7) is 6.38. The van der Waals surface area contributed by atoms with Crippen molar-refractivity contribution in [1.29, 1.82) is 0 Å². The van der Waals surface area contributed by atoms with Crippen LogP contribution in [0.4, 0.5) is 0 Å². The Kier molecular flexibility index (Phi) is 7.46. The minimum Gasteiger partial charge on any atom is -0.387 e. The summed E-state index contributed by atoms with van der Waals surface area (Å²) in [5.74, 6) is 0.492. The Morgan fingerprint density at radius 2 is 2.33 bits per heavy atom. The molecular formula is C10H20N2O2S. The third-order valence-corrected chi connectivity index (χ3v) is 2.61. The lowest BCUT2D eigenvalue weighted by molar-refractivity contribution is -0.121. The summed E-state index contributed by atoms with van der Waals surface area (Å²) in [5, 5.41) is 15.3. The van der Waals surface area contributed by atoms with Crippen molar-refractivity contribution in [3.8, 4) is 0 Å². The lowest BCUT2D eigenvalue weighted by atomic mass is 10.1. The van der Waals surface area contributed by atoms with Crippen molar-refractivity contribution in [3.05, 3.63) is 12.7 Å². The molecule has 5 heteroatoms. The normalized spacial score (nSPS) is 14.3. The fraction of sp³-hybridized carbons (Fsp3) is 0.700. The van der Waals surface area contributed by atoms with Gasteiger partial charge < -0.3 is 15.7 Å². The summed E-state index contributed by atoms with van der Waals surface area (Å²) in [5.41, 5.74) is -0.840. The molecule has 0 radical (unpaired) electrons. The van der Waals surface area contributed by atoms with E-state index in [1.54, 1.807) is 24.8 Å². The van der Waals surface area contributed by atoms with E-state index in [0.29, 0.717) is 12.3 Å². The lowest BCUT2D eigenvalue weighted by Crippen LogP contribution is -2.45. The number of hydrogen-bond acceptors (Lipinski definition) is 4. The third kappa shape index (κ3) is 8.47. The van der Waals surface area contributed by atoms with Gasteiger partial charge in [0.25, 0.3) is 0 Å². The van der Waals surface area contributed by atoms with E-state index in [1.807, 2.05) is 6.26 Å². The zero-order valence-electron chi connectivity index (χ0n) is 9.38.